The van der Waals surface area contributed by atoms with Crippen molar-refractivity contribution >= 4 is 23.3 Å². The van der Waals surface area contributed by atoms with Crippen molar-refractivity contribution in [2.45, 2.75) is 26.1 Å². The summed E-state index contributed by atoms with van der Waals surface area (Å²) in [5.74, 6) is -1.15. The lowest BCUT2D eigenvalue weighted by atomic mass is 10.1. The SMILES string of the molecule is COCCNc1ccc([N+](=O)[O-])cc1C(=O)OCC(=O)N1C[C@@H](C)O[C@H](C)C1. The van der Waals surface area contributed by atoms with Gasteiger partial charge in [-0.1, -0.05) is 0 Å². The van der Waals surface area contributed by atoms with Crippen molar-refractivity contribution in [3.05, 3.63) is 33.9 Å². The van der Waals surface area contributed by atoms with Crippen LogP contribution in [0.4, 0.5) is 11.4 Å². The summed E-state index contributed by atoms with van der Waals surface area (Å²) in [7, 11) is 1.53. The number of nitro groups is 1. The zero-order chi connectivity index (χ0) is 20.7. The predicted molar refractivity (Wildman–Crippen MR) is 100 cm³/mol. The molecule has 0 aliphatic carbocycles. The third kappa shape index (κ3) is 5.89. The molecular formula is C18H25N3O7. The summed E-state index contributed by atoms with van der Waals surface area (Å²) in [6.45, 7) is 4.90. The minimum absolute atomic E-state index is 0.0122. The van der Waals surface area contributed by atoms with Crippen LogP contribution in [0.2, 0.25) is 0 Å². The van der Waals surface area contributed by atoms with Crippen molar-refractivity contribution in [1.29, 1.82) is 0 Å². The van der Waals surface area contributed by atoms with E-state index >= 15 is 0 Å². The summed E-state index contributed by atoms with van der Waals surface area (Å²) < 4.78 is 15.6. The van der Waals surface area contributed by atoms with Gasteiger partial charge in [0.1, 0.15) is 0 Å². The normalized spacial score (nSPS) is 19.2. The highest BCUT2D eigenvalue weighted by atomic mass is 16.6. The molecule has 0 aromatic heterocycles. The first kappa shape index (κ1) is 21.6. The monoisotopic (exact) mass is 395 g/mol. The number of ether oxygens (including phenoxy) is 3. The van der Waals surface area contributed by atoms with Gasteiger partial charge in [-0.05, 0) is 19.9 Å². The number of non-ortho nitro benzene ring substituents is 1. The molecule has 1 heterocycles. The van der Waals surface area contributed by atoms with Crippen molar-refractivity contribution in [3.63, 3.8) is 0 Å². The number of anilines is 1. The van der Waals surface area contributed by atoms with E-state index in [0.29, 0.717) is 31.9 Å². The van der Waals surface area contributed by atoms with Gasteiger partial charge in [-0.25, -0.2) is 4.79 Å². The first-order valence-corrected chi connectivity index (χ1v) is 8.93. The number of nitrogens with one attached hydrogen (secondary N) is 1. The molecule has 10 heteroatoms. The summed E-state index contributed by atoms with van der Waals surface area (Å²) in [5, 5.41) is 14.0. The lowest BCUT2D eigenvalue weighted by Crippen LogP contribution is -2.49. The molecule has 2 atom stereocenters. The average Bonchev–Trinajstić information content (AvgIpc) is 2.65. The van der Waals surface area contributed by atoms with Gasteiger partial charge >= 0.3 is 5.97 Å². The largest absolute Gasteiger partial charge is 0.452 e. The van der Waals surface area contributed by atoms with Crippen LogP contribution in [-0.2, 0) is 19.0 Å². The molecule has 1 aromatic rings. The number of amides is 1. The zero-order valence-corrected chi connectivity index (χ0v) is 16.2. The Morgan fingerprint density at radius 3 is 2.61 bits per heavy atom. The molecule has 0 spiro atoms. The van der Waals surface area contributed by atoms with E-state index in [9.17, 15) is 19.7 Å². The van der Waals surface area contributed by atoms with E-state index in [-0.39, 0.29) is 29.4 Å². The van der Waals surface area contributed by atoms with Crippen LogP contribution in [0.5, 0.6) is 0 Å². The molecular weight excluding hydrogens is 370 g/mol. The molecule has 0 saturated carbocycles. The molecule has 1 aliphatic heterocycles. The molecule has 0 radical (unpaired) electrons. The quantitative estimate of drug-likeness (QED) is 0.304. The van der Waals surface area contributed by atoms with Gasteiger partial charge in [-0.2, -0.15) is 0 Å². The Balaban J connectivity index is 2.05. The fourth-order valence-corrected chi connectivity index (χ4v) is 2.93. The Morgan fingerprint density at radius 1 is 1.32 bits per heavy atom. The standard InChI is InChI=1S/C18H25N3O7/c1-12-9-20(10-13(2)28-12)17(22)11-27-18(23)15-8-14(21(24)25)4-5-16(15)19-6-7-26-3/h4-5,8,12-13,19H,6-7,9-11H2,1-3H3/t12-,13-/m1/s1. The van der Waals surface area contributed by atoms with Crippen molar-refractivity contribution in [2.75, 3.05) is 45.3 Å². The first-order valence-electron chi connectivity index (χ1n) is 8.93. The summed E-state index contributed by atoms with van der Waals surface area (Å²) in [5.41, 5.74) is 0.113. The number of hydrogen-bond donors (Lipinski definition) is 1. The van der Waals surface area contributed by atoms with Crippen LogP contribution in [0.3, 0.4) is 0 Å². The summed E-state index contributed by atoms with van der Waals surface area (Å²) in [6.07, 6.45) is -0.200. The number of morpholine rings is 1. The van der Waals surface area contributed by atoms with Crippen molar-refractivity contribution in [1.82, 2.24) is 4.90 Å². The number of methoxy groups -OCH3 is 1. The number of nitrogens with zero attached hydrogens (tertiary/aromatic N) is 2. The highest BCUT2D eigenvalue weighted by molar-refractivity contribution is 5.97. The maximum absolute atomic E-state index is 12.5. The van der Waals surface area contributed by atoms with E-state index in [4.69, 9.17) is 14.2 Å². The molecule has 28 heavy (non-hydrogen) atoms. The molecule has 1 saturated heterocycles. The third-order valence-corrected chi connectivity index (χ3v) is 4.15. The van der Waals surface area contributed by atoms with Gasteiger partial charge in [-0.3, -0.25) is 14.9 Å². The van der Waals surface area contributed by atoms with E-state index < -0.39 is 17.5 Å². The molecule has 1 amide bonds. The van der Waals surface area contributed by atoms with Crippen LogP contribution < -0.4 is 5.32 Å². The number of benzene rings is 1. The Kier molecular flexibility index (Phi) is 7.70. The molecule has 1 aromatic carbocycles. The highest BCUT2D eigenvalue weighted by Crippen LogP contribution is 2.23. The lowest BCUT2D eigenvalue weighted by Gasteiger charge is -2.35. The first-order chi connectivity index (χ1) is 13.3. The molecule has 1 aliphatic rings. The number of nitro benzene ring substituents is 1. The number of hydrogen-bond acceptors (Lipinski definition) is 8. The van der Waals surface area contributed by atoms with E-state index in [1.165, 1.54) is 19.2 Å². The third-order valence-electron chi connectivity index (χ3n) is 4.15. The molecule has 154 valence electrons. The van der Waals surface area contributed by atoms with Crippen LogP contribution in [0.15, 0.2) is 18.2 Å². The van der Waals surface area contributed by atoms with Gasteiger partial charge < -0.3 is 24.4 Å². The maximum atomic E-state index is 12.5. The Labute approximate surface area is 162 Å². The average molecular weight is 395 g/mol. The molecule has 10 nitrogen and oxygen atoms in total. The molecule has 2 rings (SSSR count). The maximum Gasteiger partial charge on any atom is 0.341 e. The van der Waals surface area contributed by atoms with Crippen molar-refractivity contribution in [3.8, 4) is 0 Å². The van der Waals surface area contributed by atoms with Crippen LogP contribution >= 0.6 is 0 Å². The summed E-state index contributed by atoms with van der Waals surface area (Å²) in [6, 6.07) is 3.84. The van der Waals surface area contributed by atoms with Crippen LogP contribution in [0.25, 0.3) is 0 Å². The molecule has 0 bridgehead atoms. The summed E-state index contributed by atoms with van der Waals surface area (Å²) >= 11 is 0. The zero-order valence-electron chi connectivity index (χ0n) is 16.2. The van der Waals surface area contributed by atoms with E-state index in [2.05, 4.69) is 5.32 Å². The fraction of sp³-hybridized carbons (Fsp3) is 0.556. The Hall–Kier alpha value is -2.72. The van der Waals surface area contributed by atoms with Crippen molar-refractivity contribution < 1.29 is 28.7 Å². The van der Waals surface area contributed by atoms with E-state index in [1.54, 1.807) is 4.90 Å². The van der Waals surface area contributed by atoms with Crippen LogP contribution in [-0.4, -0.2) is 73.9 Å². The van der Waals surface area contributed by atoms with E-state index in [0.717, 1.165) is 6.07 Å². The second-order valence-corrected chi connectivity index (χ2v) is 6.54. The summed E-state index contributed by atoms with van der Waals surface area (Å²) in [4.78, 5) is 36.8. The topological polar surface area (TPSA) is 120 Å². The number of rotatable bonds is 8. The lowest BCUT2D eigenvalue weighted by molar-refractivity contribution is -0.384. The van der Waals surface area contributed by atoms with Crippen molar-refractivity contribution in [2.24, 2.45) is 0 Å². The molecule has 1 fully saturated rings. The van der Waals surface area contributed by atoms with Gasteiger partial charge in [-0.15, -0.1) is 0 Å². The van der Waals surface area contributed by atoms with Gasteiger partial charge in [0.25, 0.3) is 11.6 Å². The Morgan fingerprint density at radius 2 is 2.00 bits per heavy atom. The van der Waals surface area contributed by atoms with Crippen LogP contribution in [0.1, 0.15) is 24.2 Å². The predicted octanol–water partition coefficient (Wildman–Crippen LogP) is 1.45. The van der Waals surface area contributed by atoms with Gasteiger partial charge in [0, 0.05) is 44.6 Å². The second-order valence-electron chi connectivity index (χ2n) is 6.54. The highest BCUT2D eigenvalue weighted by Gasteiger charge is 2.27. The van der Waals surface area contributed by atoms with E-state index in [1.807, 2.05) is 13.8 Å². The Bertz CT molecular complexity index is 715. The van der Waals surface area contributed by atoms with Gasteiger partial charge in [0.05, 0.1) is 29.3 Å². The molecule has 0 unspecified atom stereocenters. The smallest absolute Gasteiger partial charge is 0.341 e. The number of carbonyl (C=O) groups is 2. The molecule has 1 N–H and O–H groups in total. The second kappa shape index (κ2) is 10.00. The fourth-order valence-electron chi connectivity index (χ4n) is 2.93. The van der Waals surface area contributed by atoms with Gasteiger partial charge in [0.2, 0.25) is 0 Å². The van der Waals surface area contributed by atoms with Gasteiger partial charge in [0.15, 0.2) is 6.61 Å². The minimum Gasteiger partial charge on any atom is -0.452 e. The van der Waals surface area contributed by atoms with Crippen LogP contribution in [0, 0.1) is 10.1 Å². The number of esters is 1. The number of carbonyl (C=O) groups excluding carboxylic acids is 2. The minimum atomic E-state index is -0.814.